The molecule has 1 aromatic rings. The predicted octanol–water partition coefficient (Wildman–Crippen LogP) is 1.01. The number of nitrogens with one attached hydrogen (secondary N) is 1. The van der Waals surface area contributed by atoms with Crippen LogP contribution in [0, 0.1) is 6.57 Å². The summed E-state index contributed by atoms with van der Waals surface area (Å²) in [5, 5.41) is 2.20. The minimum atomic E-state index is -0.966. The first-order chi connectivity index (χ1) is 14.9. The average molecular weight is 421 g/mol. The van der Waals surface area contributed by atoms with Crippen LogP contribution in [0.4, 0.5) is 5.69 Å². The zero-order valence-electron chi connectivity index (χ0n) is 17.1. The molecule has 0 aromatic heterocycles. The van der Waals surface area contributed by atoms with Crippen molar-refractivity contribution >= 4 is 29.3 Å². The van der Waals surface area contributed by atoms with E-state index in [1.54, 1.807) is 18.2 Å². The van der Waals surface area contributed by atoms with Gasteiger partial charge in [-0.25, -0.2) is 11.5 Å². The number of imide groups is 2. The number of carbonyl (C=O) groups excluding carboxylic acids is 4. The maximum Gasteiger partial charge on any atom is 0.323 e. The molecule has 0 aliphatic carbocycles. The molecular formula is C22H23N5O4. The minimum Gasteiger partial charge on any atom is -0.352 e. The Bertz CT molecular complexity index is 1030. The Labute approximate surface area is 179 Å². The number of hydrogen-bond donors (Lipinski definition) is 1. The summed E-state index contributed by atoms with van der Waals surface area (Å²) in [5.41, 5.74) is 0.816. The van der Waals surface area contributed by atoms with Gasteiger partial charge in [-0.1, -0.05) is 6.42 Å². The molecule has 4 amide bonds. The second-order valence-corrected chi connectivity index (χ2v) is 8.68. The first kappa shape index (κ1) is 19.7. The Balaban J connectivity index is 1.35. The van der Waals surface area contributed by atoms with E-state index >= 15 is 0 Å². The Hall–Kier alpha value is -3.25. The van der Waals surface area contributed by atoms with Crippen molar-refractivity contribution in [1.82, 2.24) is 15.1 Å². The van der Waals surface area contributed by atoms with Crippen molar-refractivity contribution in [2.75, 3.05) is 31.1 Å². The number of hydrogen-bond acceptors (Lipinski definition) is 6. The summed E-state index contributed by atoms with van der Waals surface area (Å²) in [6.07, 6.45) is 3.67. The fourth-order valence-electron chi connectivity index (χ4n) is 5.05. The number of rotatable bonds is 3. The van der Waals surface area contributed by atoms with Crippen LogP contribution in [0.2, 0.25) is 0 Å². The largest absolute Gasteiger partial charge is 0.352 e. The molecule has 1 aromatic carbocycles. The third-order valence-electron chi connectivity index (χ3n) is 6.83. The molecule has 0 saturated carbocycles. The van der Waals surface area contributed by atoms with Crippen LogP contribution in [0.15, 0.2) is 18.2 Å². The van der Waals surface area contributed by atoms with Gasteiger partial charge >= 0.3 is 5.66 Å². The van der Waals surface area contributed by atoms with Crippen molar-refractivity contribution in [3.8, 4) is 0 Å². The van der Waals surface area contributed by atoms with Gasteiger partial charge in [0.25, 0.3) is 11.8 Å². The lowest BCUT2D eigenvalue weighted by atomic mass is 9.94. The Morgan fingerprint density at radius 2 is 1.71 bits per heavy atom. The highest BCUT2D eigenvalue weighted by Gasteiger charge is 2.55. The number of carbonyl (C=O) groups is 4. The van der Waals surface area contributed by atoms with E-state index in [0.29, 0.717) is 13.1 Å². The second-order valence-electron chi connectivity index (χ2n) is 8.68. The van der Waals surface area contributed by atoms with Crippen LogP contribution in [-0.4, -0.2) is 71.3 Å². The normalized spacial score (nSPS) is 25.7. The van der Waals surface area contributed by atoms with E-state index < -0.39 is 35.3 Å². The lowest BCUT2D eigenvalue weighted by Gasteiger charge is -2.48. The molecule has 1 atom stereocenters. The fourth-order valence-corrected chi connectivity index (χ4v) is 5.05. The molecule has 31 heavy (non-hydrogen) atoms. The SMILES string of the molecule is [C-]#[N+]C1(N2CCCCC2)CN(c2ccc3c(c2)C(=O)N(C2CCC(=O)NC2=O)C3=O)C1. The zero-order chi connectivity index (χ0) is 21.8. The third-order valence-corrected chi connectivity index (χ3v) is 6.83. The summed E-state index contributed by atoms with van der Waals surface area (Å²) in [6, 6.07) is 4.13. The van der Waals surface area contributed by atoms with Gasteiger partial charge in [-0.2, -0.15) is 0 Å². The summed E-state index contributed by atoms with van der Waals surface area (Å²) in [6.45, 7) is 10.7. The number of amides is 4. The van der Waals surface area contributed by atoms with Crippen molar-refractivity contribution in [3.63, 3.8) is 0 Å². The molecule has 1 unspecified atom stereocenters. The van der Waals surface area contributed by atoms with Gasteiger partial charge < -0.3 is 4.90 Å². The topological polar surface area (TPSA) is 94.4 Å². The molecule has 160 valence electrons. The smallest absolute Gasteiger partial charge is 0.323 e. The fraction of sp³-hybridized carbons (Fsp3) is 0.500. The van der Waals surface area contributed by atoms with E-state index in [4.69, 9.17) is 6.57 Å². The summed E-state index contributed by atoms with van der Waals surface area (Å²) in [7, 11) is 0. The van der Waals surface area contributed by atoms with Gasteiger partial charge in [-0.05, 0) is 37.5 Å². The van der Waals surface area contributed by atoms with E-state index in [0.717, 1.165) is 36.5 Å². The molecule has 5 rings (SSSR count). The molecule has 4 aliphatic heterocycles. The van der Waals surface area contributed by atoms with E-state index in [9.17, 15) is 19.2 Å². The summed E-state index contributed by atoms with van der Waals surface area (Å²) in [4.78, 5) is 58.7. The van der Waals surface area contributed by atoms with Crippen LogP contribution in [0.3, 0.4) is 0 Å². The lowest BCUT2D eigenvalue weighted by molar-refractivity contribution is -0.136. The van der Waals surface area contributed by atoms with E-state index in [2.05, 4.69) is 20.0 Å². The van der Waals surface area contributed by atoms with Crippen molar-refractivity contribution in [3.05, 3.63) is 40.7 Å². The van der Waals surface area contributed by atoms with Crippen molar-refractivity contribution in [2.24, 2.45) is 0 Å². The molecule has 4 heterocycles. The van der Waals surface area contributed by atoms with Gasteiger partial charge in [-0.15, -0.1) is 0 Å². The third kappa shape index (κ3) is 3.01. The first-order valence-electron chi connectivity index (χ1n) is 10.7. The molecule has 0 spiro atoms. The molecule has 9 nitrogen and oxygen atoms in total. The van der Waals surface area contributed by atoms with Crippen LogP contribution in [0.1, 0.15) is 52.8 Å². The molecule has 9 heteroatoms. The highest BCUT2D eigenvalue weighted by atomic mass is 16.2. The first-order valence-corrected chi connectivity index (χ1v) is 10.7. The predicted molar refractivity (Wildman–Crippen MR) is 110 cm³/mol. The summed E-state index contributed by atoms with van der Waals surface area (Å²) in [5.74, 6) is -2.02. The monoisotopic (exact) mass is 421 g/mol. The summed E-state index contributed by atoms with van der Waals surface area (Å²) < 4.78 is 0. The van der Waals surface area contributed by atoms with Crippen molar-refractivity contribution in [1.29, 1.82) is 0 Å². The molecule has 0 radical (unpaired) electrons. The number of anilines is 1. The molecule has 1 N–H and O–H groups in total. The molecule has 4 aliphatic rings. The number of likely N-dealkylation sites (tertiary alicyclic amines) is 1. The van der Waals surface area contributed by atoms with Crippen LogP contribution in [0.25, 0.3) is 4.85 Å². The van der Waals surface area contributed by atoms with Crippen LogP contribution < -0.4 is 10.2 Å². The van der Waals surface area contributed by atoms with Gasteiger partial charge in [0.2, 0.25) is 11.8 Å². The highest BCUT2D eigenvalue weighted by Crippen LogP contribution is 2.37. The van der Waals surface area contributed by atoms with Gasteiger partial charge in [0.15, 0.2) is 0 Å². The number of nitrogens with zero attached hydrogens (tertiary/aromatic N) is 4. The zero-order valence-corrected chi connectivity index (χ0v) is 17.1. The van der Waals surface area contributed by atoms with Crippen LogP contribution in [0.5, 0.6) is 0 Å². The Morgan fingerprint density at radius 3 is 2.39 bits per heavy atom. The maximum absolute atomic E-state index is 13.0. The molecular weight excluding hydrogens is 398 g/mol. The number of piperidine rings is 2. The molecule has 0 bridgehead atoms. The quantitative estimate of drug-likeness (QED) is 0.578. The second kappa shape index (κ2) is 7.17. The minimum absolute atomic E-state index is 0.0953. The Morgan fingerprint density at radius 1 is 1.00 bits per heavy atom. The van der Waals surface area contributed by atoms with Gasteiger partial charge in [-0.3, -0.25) is 34.2 Å². The highest BCUT2D eigenvalue weighted by molar-refractivity contribution is 6.23. The van der Waals surface area contributed by atoms with Crippen LogP contribution in [-0.2, 0) is 9.59 Å². The van der Waals surface area contributed by atoms with E-state index in [1.807, 2.05) is 0 Å². The van der Waals surface area contributed by atoms with E-state index in [1.165, 1.54) is 6.42 Å². The number of fused-ring (bicyclic) bond motifs is 1. The lowest BCUT2D eigenvalue weighted by Crippen LogP contribution is -2.69. The van der Waals surface area contributed by atoms with Crippen molar-refractivity contribution < 1.29 is 19.2 Å². The maximum atomic E-state index is 13.0. The van der Waals surface area contributed by atoms with Gasteiger partial charge in [0.05, 0.1) is 11.1 Å². The Kier molecular flexibility index (Phi) is 4.55. The summed E-state index contributed by atoms with van der Waals surface area (Å²) >= 11 is 0. The number of benzene rings is 1. The van der Waals surface area contributed by atoms with E-state index in [-0.39, 0.29) is 24.0 Å². The standard InChI is InChI=1S/C22H23N5O4/c1-23-22(26-9-3-2-4-10-26)12-25(13-22)14-5-6-15-16(11-14)21(31)27(20(15)30)17-7-8-18(28)24-19(17)29/h5-6,11,17H,2-4,7-10,12-13H2,(H,24,28,29). The van der Waals surface area contributed by atoms with Gasteiger partial charge in [0.1, 0.15) is 19.1 Å². The van der Waals surface area contributed by atoms with Crippen molar-refractivity contribution in [2.45, 2.75) is 43.8 Å². The molecule has 3 fully saturated rings. The van der Waals surface area contributed by atoms with Crippen LogP contribution >= 0.6 is 0 Å². The van der Waals surface area contributed by atoms with Gasteiger partial charge in [0, 0.05) is 25.2 Å². The molecule has 3 saturated heterocycles. The average Bonchev–Trinajstić information content (AvgIpc) is 2.99.